The zero-order chi connectivity index (χ0) is 27.9. The van der Waals surface area contributed by atoms with Crippen molar-refractivity contribution in [3.63, 3.8) is 0 Å². The van der Waals surface area contributed by atoms with Crippen molar-refractivity contribution >= 4 is 49.0 Å². The molecule has 0 N–H and O–H groups in total. The van der Waals surface area contributed by atoms with Crippen LogP contribution in [0.2, 0.25) is 13.3 Å². The summed E-state index contributed by atoms with van der Waals surface area (Å²) in [6.07, 6.45) is 7.46. The normalized spacial score (nSPS) is 15.2. The Morgan fingerprint density at radius 1 is 0.769 bits per heavy atom. The first-order chi connectivity index (χ1) is 18.8. The summed E-state index contributed by atoms with van der Waals surface area (Å²) in [4.78, 5) is 13.4. The second-order valence-electron chi connectivity index (χ2n) is 11.2. The number of nitrogens with zero attached hydrogens (tertiary/aromatic N) is 4. The molecule has 1 aliphatic heterocycles. The SMILES string of the molecule is CCC[CH2][Sn]([CH2]CCC)([CH2]CCC)[c]1nc(N2CCN(S(=O)(=O)c3ccc(C)cc3)CC2)c2ccccc2n1. The number of hydrogen-bond acceptors (Lipinski definition) is 5. The molecule has 39 heavy (non-hydrogen) atoms. The van der Waals surface area contributed by atoms with E-state index in [0.29, 0.717) is 31.1 Å². The molecule has 4 rings (SSSR count). The Kier molecular flexibility index (Phi) is 10.7. The molecule has 0 aliphatic carbocycles. The molecule has 1 fully saturated rings. The summed E-state index contributed by atoms with van der Waals surface area (Å²) in [7, 11) is -3.50. The van der Waals surface area contributed by atoms with E-state index in [4.69, 9.17) is 9.97 Å². The van der Waals surface area contributed by atoms with Gasteiger partial charge in [-0.25, -0.2) is 0 Å². The number of hydrogen-bond donors (Lipinski definition) is 0. The third kappa shape index (κ3) is 6.96. The van der Waals surface area contributed by atoms with Crippen LogP contribution in [-0.2, 0) is 10.0 Å². The predicted molar refractivity (Wildman–Crippen MR) is 166 cm³/mol. The second kappa shape index (κ2) is 13.8. The number of sulfonamides is 1. The van der Waals surface area contributed by atoms with Crippen LogP contribution in [0.25, 0.3) is 10.9 Å². The molecule has 2 heterocycles. The number of benzene rings is 2. The van der Waals surface area contributed by atoms with Crippen molar-refractivity contribution in [3.8, 4) is 0 Å². The molecule has 0 bridgehead atoms. The van der Waals surface area contributed by atoms with Crippen LogP contribution in [0.5, 0.6) is 0 Å². The number of unbranched alkanes of at least 4 members (excludes halogenated alkanes) is 3. The quantitative estimate of drug-likeness (QED) is 0.196. The van der Waals surface area contributed by atoms with Crippen LogP contribution in [0.15, 0.2) is 53.4 Å². The molecule has 1 aromatic heterocycles. The molecule has 1 aliphatic rings. The summed E-state index contributed by atoms with van der Waals surface area (Å²) < 4.78 is 33.5. The Hall–Kier alpha value is -1.71. The minimum absolute atomic E-state index is 0.373. The molecular weight excluding hydrogens is 611 g/mol. The van der Waals surface area contributed by atoms with Gasteiger partial charge in [0.25, 0.3) is 0 Å². The molecule has 6 nitrogen and oxygen atoms in total. The summed E-state index contributed by atoms with van der Waals surface area (Å²) in [5, 5.41) is 1.08. The first-order valence-corrected chi connectivity index (χ1v) is 23.9. The summed E-state index contributed by atoms with van der Waals surface area (Å²) in [5.74, 6) is 1.01. The topological polar surface area (TPSA) is 66.4 Å². The van der Waals surface area contributed by atoms with Crippen molar-refractivity contribution in [2.75, 3.05) is 31.1 Å². The molecule has 0 amide bonds. The van der Waals surface area contributed by atoms with Gasteiger partial charge in [-0.1, -0.05) is 0 Å². The van der Waals surface area contributed by atoms with Crippen LogP contribution in [0, 0.1) is 6.92 Å². The first-order valence-electron chi connectivity index (χ1n) is 14.9. The Morgan fingerprint density at radius 2 is 1.33 bits per heavy atom. The van der Waals surface area contributed by atoms with E-state index in [0.717, 1.165) is 22.3 Å². The van der Waals surface area contributed by atoms with Crippen LogP contribution in [0.1, 0.15) is 64.9 Å². The molecule has 0 saturated carbocycles. The molecular formula is C31H46N4O2SSn. The summed E-state index contributed by atoms with van der Waals surface area (Å²) in [6.45, 7) is 11.0. The zero-order valence-corrected chi connectivity index (χ0v) is 28.0. The number of aryl methyl sites for hydroxylation is 1. The van der Waals surface area contributed by atoms with E-state index in [9.17, 15) is 8.42 Å². The van der Waals surface area contributed by atoms with Gasteiger partial charge >= 0.3 is 234 Å². The van der Waals surface area contributed by atoms with Gasteiger partial charge in [0, 0.05) is 0 Å². The molecule has 0 radical (unpaired) electrons. The molecule has 0 spiro atoms. The van der Waals surface area contributed by atoms with Gasteiger partial charge in [-0.05, 0) is 6.92 Å². The number of para-hydroxylation sites is 1. The van der Waals surface area contributed by atoms with Crippen LogP contribution in [0.3, 0.4) is 0 Å². The zero-order valence-electron chi connectivity index (χ0n) is 24.3. The molecule has 0 atom stereocenters. The van der Waals surface area contributed by atoms with Gasteiger partial charge in [0.2, 0.25) is 0 Å². The van der Waals surface area contributed by atoms with Crippen molar-refractivity contribution < 1.29 is 8.42 Å². The first kappa shape index (κ1) is 30.3. The fourth-order valence-corrected chi connectivity index (χ4v) is 22.1. The van der Waals surface area contributed by atoms with Gasteiger partial charge in [0.05, 0.1) is 0 Å². The van der Waals surface area contributed by atoms with E-state index in [1.54, 1.807) is 16.4 Å². The average molecular weight is 658 g/mol. The van der Waals surface area contributed by atoms with Crippen molar-refractivity contribution in [2.24, 2.45) is 0 Å². The Bertz CT molecular complexity index is 1300. The second-order valence-corrected chi connectivity index (χ2v) is 26.0. The fraction of sp³-hybridized carbons (Fsp3) is 0.548. The molecule has 3 aromatic rings. The van der Waals surface area contributed by atoms with Crippen molar-refractivity contribution in [3.05, 3.63) is 54.1 Å². The molecule has 8 heteroatoms. The summed E-state index contributed by atoms with van der Waals surface area (Å²) in [5.41, 5.74) is 2.10. The number of fused-ring (bicyclic) bond motifs is 1. The van der Waals surface area contributed by atoms with E-state index < -0.39 is 28.4 Å². The van der Waals surface area contributed by atoms with Gasteiger partial charge in [0.15, 0.2) is 0 Å². The summed E-state index contributed by atoms with van der Waals surface area (Å²) >= 11 is -2.86. The monoisotopic (exact) mass is 658 g/mol. The van der Waals surface area contributed by atoms with Crippen LogP contribution < -0.4 is 8.74 Å². The van der Waals surface area contributed by atoms with Crippen molar-refractivity contribution in [1.82, 2.24) is 14.3 Å². The molecule has 1 saturated heterocycles. The van der Waals surface area contributed by atoms with Gasteiger partial charge < -0.3 is 0 Å². The van der Waals surface area contributed by atoms with Crippen LogP contribution in [-0.4, -0.2) is 67.2 Å². The van der Waals surface area contributed by atoms with Crippen LogP contribution in [0.4, 0.5) is 5.82 Å². The Labute approximate surface area is 240 Å². The number of piperazine rings is 1. The Balaban J connectivity index is 1.68. The number of aromatic nitrogens is 2. The third-order valence-corrected chi connectivity index (χ3v) is 24.8. The van der Waals surface area contributed by atoms with Crippen molar-refractivity contribution in [2.45, 2.75) is 84.4 Å². The van der Waals surface area contributed by atoms with E-state index in [1.807, 2.05) is 19.1 Å². The van der Waals surface area contributed by atoms with E-state index in [2.05, 4.69) is 49.9 Å². The molecule has 2 aromatic carbocycles. The Morgan fingerprint density at radius 3 is 1.90 bits per heavy atom. The van der Waals surface area contributed by atoms with E-state index in [1.165, 1.54) is 55.7 Å². The van der Waals surface area contributed by atoms with Gasteiger partial charge in [0.1, 0.15) is 0 Å². The number of rotatable bonds is 13. The third-order valence-electron chi connectivity index (χ3n) is 8.28. The van der Waals surface area contributed by atoms with Gasteiger partial charge in [-0.3, -0.25) is 0 Å². The predicted octanol–water partition coefficient (Wildman–Crippen LogP) is 6.51. The molecule has 0 unspecified atom stereocenters. The van der Waals surface area contributed by atoms with Crippen LogP contribution >= 0.6 is 0 Å². The maximum absolute atomic E-state index is 13.3. The standard InChI is InChI=1S/C19H19N4O2S.3C4H9.Sn/c1-15-6-8-16(9-7-15)26(24,25)23-12-10-22(11-13-23)19-17-4-2-3-5-18(17)20-14-21-19;3*1-3-4-2;/h2-9H,10-13H2,1H3;3*1,3-4H2,2H3;. The van der Waals surface area contributed by atoms with Gasteiger partial charge in [-0.15, -0.1) is 0 Å². The maximum atomic E-state index is 13.3. The molecule has 212 valence electrons. The average Bonchev–Trinajstić information content (AvgIpc) is 2.96. The number of anilines is 1. The van der Waals surface area contributed by atoms with Crippen molar-refractivity contribution in [1.29, 1.82) is 0 Å². The van der Waals surface area contributed by atoms with E-state index in [-0.39, 0.29) is 0 Å². The van der Waals surface area contributed by atoms with Gasteiger partial charge in [-0.2, -0.15) is 0 Å². The fourth-order valence-electron chi connectivity index (χ4n) is 5.79. The summed E-state index contributed by atoms with van der Waals surface area (Å²) in [6, 6.07) is 15.6. The van der Waals surface area contributed by atoms with E-state index >= 15 is 0 Å². The minimum atomic E-state index is -3.50.